The summed E-state index contributed by atoms with van der Waals surface area (Å²) < 4.78 is 5.08. The molecule has 1 aromatic rings. The molecule has 7 heteroatoms. The Morgan fingerprint density at radius 1 is 1.47 bits per heavy atom. The molecule has 1 rings (SSSR count). The number of carboxylic acids is 1. The predicted molar refractivity (Wildman–Crippen MR) is 67.2 cm³/mol. The Hall–Kier alpha value is -1.89. The molecule has 0 amide bonds. The number of aromatic amines is 1. The van der Waals surface area contributed by atoms with Crippen molar-refractivity contribution in [2.45, 2.75) is 39.3 Å². The minimum absolute atomic E-state index is 0.385. The lowest BCUT2D eigenvalue weighted by molar-refractivity contribution is -0.167. The summed E-state index contributed by atoms with van der Waals surface area (Å²) in [5, 5.41) is 9.16. The van der Waals surface area contributed by atoms with Gasteiger partial charge in [-0.2, -0.15) is 0 Å². The second-order valence-electron chi connectivity index (χ2n) is 5.30. The van der Waals surface area contributed by atoms with Crippen LogP contribution >= 0.6 is 0 Å². The molecule has 0 spiro atoms. The van der Waals surface area contributed by atoms with E-state index < -0.39 is 29.5 Å². The standard InChI is InChI=1S/C12H19N3O4/c1-6-14-5-7(15-6)9(13)8(10(16)17)11(18)19-12(2,3)4/h5,8-9H,13H2,1-4H3,(H,14,15)(H,16,17). The van der Waals surface area contributed by atoms with Gasteiger partial charge in [0, 0.05) is 6.20 Å². The maximum Gasteiger partial charge on any atom is 0.322 e. The van der Waals surface area contributed by atoms with Crippen LogP contribution in [0.1, 0.15) is 38.3 Å². The number of carbonyl (C=O) groups excluding carboxylic acids is 1. The SMILES string of the molecule is Cc1ncc(C(N)C(C(=O)O)C(=O)OC(C)(C)C)[nH]1. The molecule has 0 aliphatic heterocycles. The van der Waals surface area contributed by atoms with Crippen molar-refractivity contribution in [3.05, 3.63) is 17.7 Å². The minimum Gasteiger partial charge on any atom is -0.481 e. The Kier molecular flexibility index (Phi) is 4.31. The Morgan fingerprint density at radius 3 is 2.42 bits per heavy atom. The molecule has 1 aromatic heterocycles. The second-order valence-corrected chi connectivity index (χ2v) is 5.30. The van der Waals surface area contributed by atoms with Gasteiger partial charge in [0.1, 0.15) is 11.4 Å². The summed E-state index contributed by atoms with van der Waals surface area (Å²) in [5.41, 5.74) is 5.44. The van der Waals surface area contributed by atoms with Gasteiger partial charge in [-0.25, -0.2) is 4.98 Å². The third-order valence-corrected chi connectivity index (χ3v) is 2.37. The third kappa shape index (κ3) is 4.06. The zero-order valence-electron chi connectivity index (χ0n) is 11.4. The molecular weight excluding hydrogens is 250 g/mol. The molecule has 2 unspecified atom stereocenters. The molecule has 0 aliphatic rings. The minimum atomic E-state index is -1.47. The number of rotatable bonds is 4. The number of esters is 1. The highest BCUT2D eigenvalue weighted by molar-refractivity contribution is 5.95. The van der Waals surface area contributed by atoms with E-state index in [-0.39, 0.29) is 0 Å². The fraction of sp³-hybridized carbons (Fsp3) is 0.583. The summed E-state index contributed by atoms with van der Waals surface area (Å²) in [7, 11) is 0. The first-order valence-corrected chi connectivity index (χ1v) is 5.84. The number of imidazole rings is 1. The molecule has 4 N–H and O–H groups in total. The van der Waals surface area contributed by atoms with Gasteiger partial charge in [0.15, 0.2) is 5.92 Å². The van der Waals surface area contributed by atoms with Crippen LogP contribution in [0.3, 0.4) is 0 Å². The topological polar surface area (TPSA) is 118 Å². The van der Waals surface area contributed by atoms with Gasteiger partial charge < -0.3 is 20.6 Å². The number of aliphatic carboxylic acids is 1. The van der Waals surface area contributed by atoms with Crippen LogP contribution in [0.25, 0.3) is 0 Å². The highest BCUT2D eigenvalue weighted by Gasteiger charge is 2.37. The fourth-order valence-corrected chi connectivity index (χ4v) is 1.56. The molecule has 7 nitrogen and oxygen atoms in total. The van der Waals surface area contributed by atoms with E-state index in [4.69, 9.17) is 15.6 Å². The van der Waals surface area contributed by atoms with Gasteiger partial charge in [-0.05, 0) is 27.7 Å². The van der Waals surface area contributed by atoms with Crippen LogP contribution in [0.15, 0.2) is 6.20 Å². The van der Waals surface area contributed by atoms with Crippen LogP contribution in [0, 0.1) is 12.8 Å². The highest BCUT2D eigenvalue weighted by Crippen LogP contribution is 2.22. The normalized spacial score (nSPS) is 14.8. The van der Waals surface area contributed by atoms with E-state index in [0.717, 1.165) is 0 Å². The molecule has 0 saturated heterocycles. The Balaban J connectivity index is 2.95. The van der Waals surface area contributed by atoms with Crippen LogP contribution in [0.5, 0.6) is 0 Å². The van der Waals surface area contributed by atoms with Crippen molar-refractivity contribution in [2.75, 3.05) is 0 Å². The van der Waals surface area contributed by atoms with E-state index in [0.29, 0.717) is 11.5 Å². The molecule has 0 saturated carbocycles. The lowest BCUT2D eigenvalue weighted by Gasteiger charge is -2.24. The molecule has 106 valence electrons. The number of ether oxygens (including phenoxy) is 1. The van der Waals surface area contributed by atoms with Gasteiger partial charge in [-0.1, -0.05) is 0 Å². The van der Waals surface area contributed by atoms with Gasteiger partial charge in [-0.3, -0.25) is 9.59 Å². The smallest absolute Gasteiger partial charge is 0.322 e. The average molecular weight is 269 g/mol. The number of carboxylic acid groups (broad SMARTS) is 1. The highest BCUT2D eigenvalue weighted by atomic mass is 16.6. The van der Waals surface area contributed by atoms with Gasteiger partial charge in [0.2, 0.25) is 0 Å². The first-order chi connectivity index (χ1) is 8.61. The largest absolute Gasteiger partial charge is 0.481 e. The number of aromatic nitrogens is 2. The molecule has 19 heavy (non-hydrogen) atoms. The molecule has 0 bridgehead atoms. The first kappa shape index (κ1) is 15.2. The van der Waals surface area contributed by atoms with E-state index >= 15 is 0 Å². The number of nitrogens with zero attached hydrogens (tertiary/aromatic N) is 1. The Bertz CT molecular complexity index is 476. The number of nitrogens with one attached hydrogen (secondary N) is 1. The number of H-pyrrole nitrogens is 1. The number of hydrogen-bond donors (Lipinski definition) is 3. The van der Waals surface area contributed by atoms with E-state index in [2.05, 4.69) is 9.97 Å². The van der Waals surface area contributed by atoms with Gasteiger partial charge in [-0.15, -0.1) is 0 Å². The van der Waals surface area contributed by atoms with Crippen LogP contribution < -0.4 is 5.73 Å². The maximum absolute atomic E-state index is 11.9. The van der Waals surface area contributed by atoms with Crippen molar-refractivity contribution in [1.29, 1.82) is 0 Å². The summed E-state index contributed by atoms with van der Waals surface area (Å²) in [4.78, 5) is 29.9. The third-order valence-electron chi connectivity index (χ3n) is 2.37. The summed E-state index contributed by atoms with van der Waals surface area (Å²) in [6.45, 7) is 6.69. The van der Waals surface area contributed by atoms with E-state index in [1.165, 1.54) is 6.20 Å². The molecule has 0 aliphatic carbocycles. The van der Waals surface area contributed by atoms with Crippen molar-refractivity contribution in [3.8, 4) is 0 Å². The molecule has 0 aromatic carbocycles. The number of nitrogens with two attached hydrogens (primary N) is 1. The zero-order valence-corrected chi connectivity index (χ0v) is 11.4. The van der Waals surface area contributed by atoms with Crippen LogP contribution in [-0.2, 0) is 14.3 Å². The van der Waals surface area contributed by atoms with Crippen LogP contribution in [-0.4, -0.2) is 32.6 Å². The first-order valence-electron chi connectivity index (χ1n) is 5.84. The lowest BCUT2D eigenvalue weighted by Crippen LogP contribution is -2.39. The molecule has 1 heterocycles. The van der Waals surface area contributed by atoms with Crippen LogP contribution in [0.2, 0.25) is 0 Å². The second kappa shape index (κ2) is 5.40. The summed E-state index contributed by atoms with van der Waals surface area (Å²) in [6.07, 6.45) is 1.42. The molecule has 2 atom stereocenters. The van der Waals surface area contributed by atoms with Gasteiger partial charge >= 0.3 is 11.9 Å². The zero-order chi connectivity index (χ0) is 14.8. The summed E-state index contributed by atoms with van der Waals surface area (Å²) in [5.74, 6) is -3.06. The van der Waals surface area contributed by atoms with E-state index in [9.17, 15) is 9.59 Å². The van der Waals surface area contributed by atoms with Crippen molar-refractivity contribution in [3.63, 3.8) is 0 Å². The Morgan fingerprint density at radius 2 is 2.05 bits per heavy atom. The Labute approximate surface area is 111 Å². The van der Waals surface area contributed by atoms with Crippen molar-refractivity contribution >= 4 is 11.9 Å². The van der Waals surface area contributed by atoms with E-state index in [1.54, 1.807) is 27.7 Å². The number of aryl methyl sites for hydroxylation is 1. The average Bonchev–Trinajstić information content (AvgIpc) is 2.61. The predicted octanol–water partition coefficient (Wildman–Crippen LogP) is 0.760. The van der Waals surface area contributed by atoms with Gasteiger partial charge in [0.25, 0.3) is 0 Å². The maximum atomic E-state index is 11.9. The number of carbonyl (C=O) groups is 2. The van der Waals surface area contributed by atoms with Gasteiger partial charge in [0.05, 0.1) is 11.7 Å². The molecule has 0 radical (unpaired) electrons. The summed E-state index contributed by atoms with van der Waals surface area (Å²) >= 11 is 0. The lowest BCUT2D eigenvalue weighted by atomic mass is 9.98. The molecular formula is C12H19N3O4. The number of hydrogen-bond acceptors (Lipinski definition) is 5. The fourth-order valence-electron chi connectivity index (χ4n) is 1.56. The summed E-state index contributed by atoms with van der Waals surface area (Å²) in [6, 6.07) is -1.03. The van der Waals surface area contributed by atoms with Crippen molar-refractivity contribution in [2.24, 2.45) is 11.7 Å². The van der Waals surface area contributed by atoms with Crippen LogP contribution in [0.4, 0.5) is 0 Å². The van der Waals surface area contributed by atoms with E-state index in [1.807, 2.05) is 0 Å². The quantitative estimate of drug-likeness (QED) is 0.548. The van der Waals surface area contributed by atoms with Crippen molar-refractivity contribution < 1.29 is 19.4 Å². The van der Waals surface area contributed by atoms with Crippen molar-refractivity contribution in [1.82, 2.24) is 9.97 Å². The molecule has 0 fully saturated rings. The monoisotopic (exact) mass is 269 g/mol.